The lowest BCUT2D eigenvalue weighted by Crippen LogP contribution is -2.41. The van der Waals surface area contributed by atoms with E-state index in [1.165, 1.54) is 89.0 Å². The molecule has 1 aromatic rings. The standard InChI is InChI=1S/C30H57N2O4P/c1-4-5-6-7-8-9-10-11-12-13-14-15-16-17-18-19-25-35-37(33,34)36-26-24-32(2,3)28-30-22-20-29(27-31)21-23-30/h20-23H,4-19,24-28,31H2,1-3H3. The van der Waals surface area contributed by atoms with Crippen molar-refractivity contribution in [1.29, 1.82) is 0 Å². The predicted molar refractivity (Wildman–Crippen MR) is 154 cm³/mol. The first-order valence-corrected chi connectivity index (χ1v) is 16.4. The average Bonchev–Trinajstić information content (AvgIpc) is 2.86. The highest BCUT2D eigenvalue weighted by molar-refractivity contribution is 7.45. The maximum atomic E-state index is 12.1. The average molecular weight is 541 g/mol. The number of quaternary nitrogens is 1. The third-order valence-corrected chi connectivity index (χ3v) is 8.06. The van der Waals surface area contributed by atoms with Gasteiger partial charge < -0.3 is 24.2 Å². The number of unbranched alkanes of at least 4 members (excludes halogenated alkanes) is 15. The van der Waals surface area contributed by atoms with Crippen LogP contribution in [0.5, 0.6) is 0 Å². The molecule has 0 bridgehead atoms. The lowest BCUT2D eigenvalue weighted by molar-refractivity contribution is -0.903. The predicted octanol–water partition coefficient (Wildman–Crippen LogP) is 7.48. The minimum absolute atomic E-state index is 0.119. The summed E-state index contributed by atoms with van der Waals surface area (Å²) >= 11 is 0. The second-order valence-corrected chi connectivity index (χ2v) is 12.7. The molecule has 0 amide bonds. The summed E-state index contributed by atoms with van der Waals surface area (Å²) in [6.45, 7) is 4.50. The van der Waals surface area contributed by atoms with E-state index in [1.54, 1.807) is 0 Å². The normalized spacial score (nSPS) is 13.6. The summed E-state index contributed by atoms with van der Waals surface area (Å²) in [6, 6.07) is 8.21. The Bertz CT molecular complexity index is 712. The number of hydrogen-bond donors (Lipinski definition) is 1. The second kappa shape index (κ2) is 21.1. The van der Waals surface area contributed by atoms with E-state index in [0.29, 0.717) is 17.6 Å². The fourth-order valence-electron chi connectivity index (χ4n) is 4.62. The summed E-state index contributed by atoms with van der Waals surface area (Å²) in [4.78, 5) is 12.1. The third-order valence-electron chi connectivity index (χ3n) is 7.06. The molecule has 216 valence electrons. The van der Waals surface area contributed by atoms with E-state index < -0.39 is 7.82 Å². The summed E-state index contributed by atoms with van der Waals surface area (Å²) in [5, 5.41) is 0. The van der Waals surface area contributed by atoms with Crippen molar-refractivity contribution in [3.05, 3.63) is 35.4 Å². The first-order valence-electron chi connectivity index (χ1n) is 15.0. The number of likely N-dealkylation sites (N-methyl/N-ethyl adjacent to an activating group) is 1. The molecule has 1 aromatic carbocycles. The van der Waals surface area contributed by atoms with E-state index in [1.807, 2.05) is 12.1 Å². The van der Waals surface area contributed by atoms with Crippen LogP contribution in [-0.4, -0.2) is 38.3 Å². The third kappa shape index (κ3) is 19.9. The van der Waals surface area contributed by atoms with E-state index in [0.717, 1.165) is 31.4 Å². The van der Waals surface area contributed by atoms with Crippen molar-refractivity contribution in [3.8, 4) is 0 Å². The van der Waals surface area contributed by atoms with Crippen LogP contribution in [-0.2, 0) is 26.7 Å². The van der Waals surface area contributed by atoms with Gasteiger partial charge in [0, 0.05) is 12.1 Å². The van der Waals surface area contributed by atoms with Gasteiger partial charge in [0.05, 0.1) is 20.7 Å². The van der Waals surface area contributed by atoms with Crippen molar-refractivity contribution in [2.24, 2.45) is 5.73 Å². The number of phosphoric ester groups is 1. The Morgan fingerprint density at radius 1 is 0.703 bits per heavy atom. The smallest absolute Gasteiger partial charge is 0.268 e. The van der Waals surface area contributed by atoms with Crippen LogP contribution in [0, 0.1) is 0 Å². The van der Waals surface area contributed by atoms with Gasteiger partial charge in [-0.25, -0.2) is 0 Å². The summed E-state index contributed by atoms with van der Waals surface area (Å²) < 4.78 is 22.9. The molecule has 0 radical (unpaired) electrons. The fraction of sp³-hybridized carbons (Fsp3) is 0.800. The number of phosphoric acid groups is 1. The minimum Gasteiger partial charge on any atom is -0.756 e. The van der Waals surface area contributed by atoms with Gasteiger partial charge in [-0.15, -0.1) is 0 Å². The Morgan fingerprint density at radius 2 is 1.11 bits per heavy atom. The molecule has 6 nitrogen and oxygen atoms in total. The van der Waals surface area contributed by atoms with Crippen molar-refractivity contribution in [2.75, 3.05) is 33.9 Å². The molecular weight excluding hydrogens is 483 g/mol. The molecule has 0 aliphatic carbocycles. The number of nitrogens with two attached hydrogens (primary N) is 1. The van der Waals surface area contributed by atoms with Crippen LogP contribution in [0.3, 0.4) is 0 Å². The summed E-state index contributed by atoms with van der Waals surface area (Å²) in [5.41, 5.74) is 7.94. The highest BCUT2D eigenvalue weighted by atomic mass is 31.2. The lowest BCUT2D eigenvalue weighted by atomic mass is 10.0. The van der Waals surface area contributed by atoms with Gasteiger partial charge in [-0.1, -0.05) is 128 Å². The zero-order valence-corrected chi connectivity index (χ0v) is 25.2. The van der Waals surface area contributed by atoms with Gasteiger partial charge >= 0.3 is 0 Å². The molecule has 1 atom stereocenters. The van der Waals surface area contributed by atoms with Gasteiger partial charge in [0.15, 0.2) is 0 Å². The largest absolute Gasteiger partial charge is 0.756 e. The number of nitrogens with zero attached hydrogens (tertiary/aromatic N) is 1. The number of rotatable bonds is 25. The van der Waals surface area contributed by atoms with Gasteiger partial charge in [0.1, 0.15) is 19.7 Å². The Labute approximate surface area is 228 Å². The SMILES string of the molecule is CCCCCCCCCCCCCCCCCCOP(=O)([O-])OCC[N+](C)(C)Cc1ccc(CN)cc1. The second-order valence-electron chi connectivity index (χ2n) is 11.3. The molecule has 0 aliphatic heterocycles. The van der Waals surface area contributed by atoms with E-state index in [9.17, 15) is 9.46 Å². The Balaban J connectivity index is 1.96. The first kappa shape index (κ1) is 34.3. The van der Waals surface area contributed by atoms with Crippen LogP contribution in [0.15, 0.2) is 24.3 Å². The van der Waals surface area contributed by atoms with Crippen molar-refractivity contribution < 1.29 is 23.0 Å². The maximum Gasteiger partial charge on any atom is 0.268 e. The van der Waals surface area contributed by atoms with Gasteiger partial charge in [-0.3, -0.25) is 4.57 Å². The van der Waals surface area contributed by atoms with E-state index in [-0.39, 0.29) is 13.2 Å². The molecule has 37 heavy (non-hydrogen) atoms. The number of benzene rings is 1. The van der Waals surface area contributed by atoms with Gasteiger partial charge in [0.25, 0.3) is 7.82 Å². The zero-order valence-electron chi connectivity index (χ0n) is 24.3. The fourth-order valence-corrected chi connectivity index (χ4v) is 5.35. The molecule has 0 saturated heterocycles. The molecular formula is C30H57N2O4P. The summed E-state index contributed by atoms with van der Waals surface area (Å²) in [7, 11) is -0.110. The molecule has 0 saturated carbocycles. The van der Waals surface area contributed by atoms with Gasteiger partial charge in [0.2, 0.25) is 0 Å². The van der Waals surface area contributed by atoms with Gasteiger partial charge in [-0.05, 0) is 12.0 Å². The molecule has 1 rings (SSSR count). The highest BCUT2D eigenvalue weighted by Crippen LogP contribution is 2.38. The van der Waals surface area contributed by atoms with Crippen molar-refractivity contribution in [1.82, 2.24) is 0 Å². The molecule has 0 aromatic heterocycles. The van der Waals surface area contributed by atoms with Gasteiger partial charge in [-0.2, -0.15) is 0 Å². The van der Waals surface area contributed by atoms with Crippen LogP contribution in [0.1, 0.15) is 121 Å². The van der Waals surface area contributed by atoms with E-state index in [4.69, 9.17) is 14.8 Å². The molecule has 0 spiro atoms. The topological polar surface area (TPSA) is 84.6 Å². The number of hydrogen-bond acceptors (Lipinski definition) is 5. The van der Waals surface area contributed by atoms with Crippen LogP contribution < -0.4 is 10.6 Å². The zero-order chi connectivity index (χ0) is 27.2. The van der Waals surface area contributed by atoms with E-state index in [2.05, 4.69) is 33.2 Å². The first-order chi connectivity index (χ1) is 17.8. The lowest BCUT2D eigenvalue weighted by Gasteiger charge is -2.31. The summed E-state index contributed by atoms with van der Waals surface area (Å²) in [6.07, 6.45) is 20.6. The van der Waals surface area contributed by atoms with Crippen molar-refractivity contribution in [3.63, 3.8) is 0 Å². The van der Waals surface area contributed by atoms with Crippen LogP contribution in [0.4, 0.5) is 0 Å². The van der Waals surface area contributed by atoms with Crippen LogP contribution in [0.2, 0.25) is 0 Å². The Kier molecular flexibility index (Phi) is 19.6. The van der Waals surface area contributed by atoms with Crippen LogP contribution in [0.25, 0.3) is 0 Å². The molecule has 0 aliphatic rings. The highest BCUT2D eigenvalue weighted by Gasteiger charge is 2.18. The molecule has 7 heteroatoms. The monoisotopic (exact) mass is 540 g/mol. The molecule has 0 fully saturated rings. The molecule has 2 N–H and O–H groups in total. The molecule has 0 heterocycles. The van der Waals surface area contributed by atoms with Crippen molar-refractivity contribution in [2.45, 2.75) is 123 Å². The van der Waals surface area contributed by atoms with Crippen LogP contribution >= 0.6 is 7.82 Å². The minimum atomic E-state index is -4.24. The maximum absolute atomic E-state index is 12.1. The van der Waals surface area contributed by atoms with Crippen molar-refractivity contribution >= 4 is 7.82 Å². The Morgan fingerprint density at radius 3 is 1.57 bits per heavy atom. The molecule has 1 unspecified atom stereocenters. The summed E-state index contributed by atoms with van der Waals surface area (Å²) in [5.74, 6) is 0. The Hall–Kier alpha value is -0.750. The van der Waals surface area contributed by atoms with E-state index >= 15 is 0 Å². The quantitative estimate of drug-likeness (QED) is 0.0789.